The van der Waals surface area contributed by atoms with Crippen molar-refractivity contribution in [2.45, 2.75) is 59.4 Å². The van der Waals surface area contributed by atoms with Gasteiger partial charge in [-0.05, 0) is 43.6 Å². The summed E-state index contributed by atoms with van der Waals surface area (Å²) in [5.74, 6) is 1.80. The highest BCUT2D eigenvalue weighted by molar-refractivity contribution is 5.76. The molecular weight excluding hydrogens is 264 g/mol. The molecule has 1 amide bonds. The summed E-state index contributed by atoms with van der Waals surface area (Å²) in [6.45, 7) is 11.5. The standard InChI is InChI=1S/C17H34N2O2/c1-13(2)5-7-18-16-10-15(6-8-20)11-19(12-16)17(21)9-14(3)4/h13-16,18,20H,5-12H2,1-4H3. The number of carbonyl (C=O) groups excluding carboxylic acids is 1. The maximum Gasteiger partial charge on any atom is 0.222 e. The van der Waals surface area contributed by atoms with Crippen LogP contribution in [0, 0.1) is 17.8 Å². The minimum Gasteiger partial charge on any atom is -0.396 e. The van der Waals surface area contributed by atoms with Crippen LogP contribution in [0.1, 0.15) is 53.4 Å². The van der Waals surface area contributed by atoms with Gasteiger partial charge in [-0.1, -0.05) is 27.7 Å². The summed E-state index contributed by atoms with van der Waals surface area (Å²) in [6.07, 6.45) is 3.67. The Morgan fingerprint density at radius 2 is 1.95 bits per heavy atom. The maximum absolute atomic E-state index is 12.3. The van der Waals surface area contributed by atoms with Crippen LogP contribution in [-0.4, -0.2) is 48.2 Å². The highest BCUT2D eigenvalue weighted by Crippen LogP contribution is 2.21. The van der Waals surface area contributed by atoms with Gasteiger partial charge in [0, 0.05) is 32.2 Å². The van der Waals surface area contributed by atoms with Crippen LogP contribution >= 0.6 is 0 Å². The molecule has 2 N–H and O–H groups in total. The van der Waals surface area contributed by atoms with E-state index in [1.54, 1.807) is 0 Å². The highest BCUT2D eigenvalue weighted by Gasteiger charge is 2.29. The van der Waals surface area contributed by atoms with Crippen LogP contribution in [0.15, 0.2) is 0 Å². The van der Waals surface area contributed by atoms with Crippen LogP contribution in [0.4, 0.5) is 0 Å². The molecular formula is C17H34N2O2. The van der Waals surface area contributed by atoms with Crippen LogP contribution in [0.2, 0.25) is 0 Å². The van der Waals surface area contributed by atoms with Crippen LogP contribution in [-0.2, 0) is 4.79 Å². The van der Waals surface area contributed by atoms with Crippen molar-refractivity contribution >= 4 is 5.91 Å². The number of aliphatic hydroxyl groups is 1. The molecule has 1 aliphatic heterocycles. The number of rotatable bonds is 8. The third-order valence-corrected chi connectivity index (χ3v) is 4.16. The Morgan fingerprint density at radius 3 is 2.52 bits per heavy atom. The van der Waals surface area contributed by atoms with E-state index in [9.17, 15) is 9.90 Å². The van der Waals surface area contributed by atoms with Gasteiger partial charge in [-0.3, -0.25) is 4.79 Å². The molecule has 0 saturated carbocycles. The Balaban J connectivity index is 2.53. The highest BCUT2D eigenvalue weighted by atomic mass is 16.3. The molecule has 2 unspecified atom stereocenters. The van der Waals surface area contributed by atoms with Gasteiger partial charge in [-0.25, -0.2) is 0 Å². The predicted octanol–water partition coefficient (Wildman–Crippen LogP) is 2.27. The van der Waals surface area contributed by atoms with E-state index in [0.717, 1.165) is 32.5 Å². The Bertz CT molecular complexity index is 305. The van der Waals surface area contributed by atoms with Crippen LogP contribution < -0.4 is 5.32 Å². The molecule has 1 rings (SSSR count). The topological polar surface area (TPSA) is 52.6 Å². The number of nitrogens with one attached hydrogen (secondary N) is 1. The fourth-order valence-electron chi connectivity index (χ4n) is 3.00. The second kappa shape index (κ2) is 9.42. The predicted molar refractivity (Wildman–Crippen MR) is 87.1 cm³/mol. The second-order valence-electron chi connectivity index (χ2n) is 7.34. The molecule has 0 aromatic rings. The molecule has 1 saturated heterocycles. The number of amides is 1. The lowest BCUT2D eigenvalue weighted by Gasteiger charge is -2.38. The van der Waals surface area contributed by atoms with Crippen molar-refractivity contribution in [2.75, 3.05) is 26.2 Å². The van der Waals surface area contributed by atoms with E-state index in [4.69, 9.17) is 0 Å². The van der Waals surface area contributed by atoms with E-state index in [2.05, 4.69) is 33.0 Å². The van der Waals surface area contributed by atoms with Gasteiger partial charge in [0.05, 0.1) is 0 Å². The van der Waals surface area contributed by atoms with Crippen molar-refractivity contribution in [3.63, 3.8) is 0 Å². The van der Waals surface area contributed by atoms with Gasteiger partial charge in [-0.2, -0.15) is 0 Å². The summed E-state index contributed by atoms with van der Waals surface area (Å²) >= 11 is 0. The first-order chi connectivity index (χ1) is 9.92. The molecule has 4 nitrogen and oxygen atoms in total. The molecule has 0 aromatic heterocycles. The number of carbonyl (C=O) groups is 1. The van der Waals surface area contributed by atoms with E-state index in [1.165, 1.54) is 6.42 Å². The number of aliphatic hydroxyl groups excluding tert-OH is 1. The van der Waals surface area contributed by atoms with Gasteiger partial charge >= 0.3 is 0 Å². The molecule has 21 heavy (non-hydrogen) atoms. The van der Waals surface area contributed by atoms with Crippen molar-refractivity contribution in [3.05, 3.63) is 0 Å². The molecule has 0 aromatic carbocycles. The van der Waals surface area contributed by atoms with E-state index in [1.807, 2.05) is 4.90 Å². The summed E-state index contributed by atoms with van der Waals surface area (Å²) in [7, 11) is 0. The van der Waals surface area contributed by atoms with Crippen molar-refractivity contribution in [2.24, 2.45) is 17.8 Å². The fraction of sp³-hybridized carbons (Fsp3) is 0.941. The number of likely N-dealkylation sites (tertiary alicyclic amines) is 1. The summed E-state index contributed by atoms with van der Waals surface area (Å²) in [5.41, 5.74) is 0. The lowest BCUT2D eigenvalue weighted by atomic mass is 9.91. The zero-order valence-electron chi connectivity index (χ0n) is 14.3. The Morgan fingerprint density at radius 1 is 1.24 bits per heavy atom. The van der Waals surface area contributed by atoms with Crippen LogP contribution in [0.25, 0.3) is 0 Å². The molecule has 0 bridgehead atoms. The monoisotopic (exact) mass is 298 g/mol. The smallest absolute Gasteiger partial charge is 0.222 e. The third-order valence-electron chi connectivity index (χ3n) is 4.16. The molecule has 1 fully saturated rings. The minimum absolute atomic E-state index is 0.218. The van der Waals surface area contributed by atoms with Crippen LogP contribution in [0.5, 0.6) is 0 Å². The molecule has 4 heteroatoms. The van der Waals surface area contributed by atoms with Crippen molar-refractivity contribution in [3.8, 4) is 0 Å². The molecule has 124 valence electrons. The lowest BCUT2D eigenvalue weighted by Crippen LogP contribution is -2.51. The fourth-order valence-corrected chi connectivity index (χ4v) is 3.00. The van der Waals surface area contributed by atoms with Crippen LogP contribution in [0.3, 0.4) is 0 Å². The Labute approximate surface area is 130 Å². The first kappa shape index (κ1) is 18.4. The van der Waals surface area contributed by atoms with Gasteiger partial charge < -0.3 is 15.3 Å². The molecule has 0 spiro atoms. The summed E-state index contributed by atoms with van der Waals surface area (Å²) in [6, 6.07) is 0.380. The van der Waals surface area contributed by atoms with E-state index in [0.29, 0.717) is 30.2 Å². The van der Waals surface area contributed by atoms with Crippen molar-refractivity contribution in [1.29, 1.82) is 0 Å². The zero-order chi connectivity index (χ0) is 15.8. The molecule has 0 aliphatic carbocycles. The quantitative estimate of drug-likeness (QED) is 0.723. The van der Waals surface area contributed by atoms with Gasteiger partial charge in [0.25, 0.3) is 0 Å². The normalized spacial score (nSPS) is 23.1. The Kier molecular flexibility index (Phi) is 8.27. The maximum atomic E-state index is 12.3. The van der Waals surface area contributed by atoms with Gasteiger partial charge in [-0.15, -0.1) is 0 Å². The molecule has 2 atom stereocenters. The number of piperidine rings is 1. The summed E-state index contributed by atoms with van der Waals surface area (Å²) in [4.78, 5) is 14.3. The van der Waals surface area contributed by atoms with Crippen molar-refractivity contribution < 1.29 is 9.90 Å². The summed E-state index contributed by atoms with van der Waals surface area (Å²) < 4.78 is 0. The first-order valence-corrected chi connectivity index (χ1v) is 8.54. The van der Waals surface area contributed by atoms with Gasteiger partial charge in [0.15, 0.2) is 0 Å². The molecule has 1 aliphatic rings. The van der Waals surface area contributed by atoms with Gasteiger partial charge in [0.1, 0.15) is 0 Å². The second-order valence-corrected chi connectivity index (χ2v) is 7.34. The molecule has 0 radical (unpaired) electrons. The Hall–Kier alpha value is -0.610. The van der Waals surface area contributed by atoms with E-state index >= 15 is 0 Å². The largest absolute Gasteiger partial charge is 0.396 e. The average Bonchev–Trinajstić information content (AvgIpc) is 2.37. The lowest BCUT2D eigenvalue weighted by molar-refractivity contribution is -0.134. The number of hydrogen-bond acceptors (Lipinski definition) is 3. The van der Waals surface area contributed by atoms with Gasteiger partial charge in [0.2, 0.25) is 5.91 Å². The number of nitrogens with zero attached hydrogens (tertiary/aromatic N) is 1. The zero-order valence-corrected chi connectivity index (χ0v) is 14.3. The third kappa shape index (κ3) is 7.28. The average molecular weight is 298 g/mol. The molecule has 1 heterocycles. The first-order valence-electron chi connectivity index (χ1n) is 8.54. The van der Waals surface area contributed by atoms with E-state index in [-0.39, 0.29) is 12.5 Å². The SMILES string of the molecule is CC(C)CCNC1CC(CCO)CN(C(=O)CC(C)C)C1. The van der Waals surface area contributed by atoms with Crippen molar-refractivity contribution in [1.82, 2.24) is 10.2 Å². The van der Waals surface area contributed by atoms with E-state index < -0.39 is 0 Å². The summed E-state index contributed by atoms with van der Waals surface area (Å²) in [5, 5.41) is 12.8. The number of hydrogen-bond donors (Lipinski definition) is 2. The minimum atomic E-state index is 0.218.